The molecule has 0 aliphatic carbocycles. The quantitative estimate of drug-likeness (QED) is 0.872. The van der Waals surface area contributed by atoms with Crippen molar-refractivity contribution in [2.75, 3.05) is 38.1 Å². The summed E-state index contributed by atoms with van der Waals surface area (Å²) < 4.78 is 0. The highest BCUT2D eigenvalue weighted by atomic mass is 16.2. The van der Waals surface area contributed by atoms with Gasteiger partial charge in [0.1, 0.15) is 0 Å². The van der Waals surface area contributed by atoms with Gasteiger partial charge in [0.25, 0.3) is 0 Å². The Kier molecular flexibility index (Phi) is 3.42. The number of nitrogens with one attached hydrogen (secondary N) is 1. The first-order valence-corrected chi connectivity index (χ1v) is 7.07. The first kappa shape index (κ1) is 12.5. The second-order valence-electron chi connectivity index (χ2n) is 5.44. The Morgan fingerprint density at radius 1 is 1.26 bits per heavy atom. The zero-order valence-corrected chi connectivity index (χ0v) is 11.4. The second kappa shape index (κ2) is 5.21. The van der Waals surface area contributed by atoms with Crippen molar-refractivity contribution >= 4 is 11.6 Å². The zero-order valence-electron chi connectivity index (χ0n) is 11.4. The van der Waals surface area contributed by atoms with Gasteiger partial charge in [-0.15, -0.1) is 0 Å². The average Bonchev–Trinajstić information content (AvgIpc) is 2.96. The molecule has 4 nitrogen and oxygen atoms in total. The maximum Gasteiger partial charge on any atom is 0.241 e. The van der Waals surface area contributed by atoms with Crippen LogP contribution < -0.4 is 10.2 Å². The van der Waals surface area contributed by atoms with Gasteiger partial charge < -0.3 is 15.1 Å². The van der Waals surface area contributed by atoms with Crippen LogP contribution in [0.1, 0.15) is 24.4 Å². The third-order valence-corrected chi connectivity index (χ3v) is 4.17. The first-order valence-electron chi connectivity index (χ1n) is 7.07. The van der Waals surface area contributed by atoms with Gasteiger partial charge in [-0.1, -0.05) is 18.2 Å². The Morgan fingerprint density at radius 3 is 2.84 bits per heavy atom. The van der Waals surface area contributed by atoms with Crippen molar-refractivity contribution in [1.29, 1.82) is 0 Å². The molecule has 1 aromatic carbocycles. The van der Waals surface area contributed by atoms with Crippen molar-refractivity contribution in [2.45, 2.75) is 18.9 Å². The molecule has 3 rings (SSSR count). The fourth-order valence-electron chi connectivity index (χ4n) is 2.98. The van der Waals surface area contributed by atoms with Gasteiger partial charge in [-0.3, -0.25) is 4.79 Å². The van der Waals surface area contributed by atoms with Crippen molar-refractivity contribution in [3.8, 4) is 0 Å². The highest BCUT2D eigenvalue weighted by Crippen LogP contribution is 2.31. The molecule has 1 atom stereocenters. The Labute approximate surface area is 114 Å². The molecule has 1 aromatic rings. The van der Waals surface area contributed by atoms with Crippen molar-refractivity contribution in [3.63, 3.8) is 0 Å². The normalized spacial score (nSPS) is 24.1. The van der Waals surface area contributed by atoms with Gasteiger partial charge >= 0.3 is 0 Å². The monoisotopic (exact) mass is 259 g/mol. The third kappa shape index (κ3) is 2.45. The molecular formula is C15H21N3O. The minimum absolute atomic E-state index is 0.209. The SMILES string of the molecule is CN1CCN(c2ccccc2C2CCCN2)CC1=O. The van der Waals surface area contributed by atoms with Crippen LogP contribution in [0.5, 0.6) is 0 Å². The van der Waals surface area contributed by atoms with Crippen LogP contribution in [0, 0.1) is 0 Å². The second-order valence-corrected chi connectivity index (χ2v) is 5.44. The number of piperazine rings is 1. The molecule has 2 aliphatic heterocycles. The Bertz CT molecular complexity index is 468. The molecule has 102 valence electrons. The number of nitrogens with zero attached hydrogens (tertiary/aromatic N) is 2. The van der Waals surface area contributed by atoms with E-state index >= 15 is 0 Å². The van der Waals surface area contributed by atoms with E-state index in [9.17, 15) is 4.79 Å². The van der Waals surface area contributed by atoms with Crippen LogP contribution in [0.15, 0.2) is 24.3 Å². The third-order valence-electron chi connectivity index (χ3n) is 4.17. The standard InChI is InChI=1S/C15H21N3O/c1-17-9-10-18(11-15(17)19)14-7-3-2-5-12(14)13-6-4-8-16-13/h2-3,5,7,13,16H,4,6,8-11H2,1H3. The molecule has 0 saturated carbocycles. The summed E-state index contributed by atoms with van der Waals surface area (Å²) in [7, 11) is 1.88. The summed E-state index contributed by atoms with van der Waals surface area (Å²) in [5.74, 6) is 0.209. The highest BCUT2D eigenvalue weighted by molar-refractivity contribution is 5.83. The number of likely N-dealkylation sites (N-methyl/N-ethyl adjacent to an activating group) is 1. The summed E-state index contributed by atoms with van der Waals surface area (Å²) in [4.78, 5) is 15.9. The van der Waals surface area contributed by atoms with Crippen LogP contribution in [0.25, 0.3) is 0 Å². The van der Waals surface area contributed by atoms with Gasteiger partial charge in [-0.2, -0.15) is 0 Å². The van der Waals surface area contributed by atoms with E-state index in [-0.39, 0.29) is 5.91 Å². The van der Waals surface area contributed by atoms with Crippen molar-refractivity contribution in [3.05, 3.63) is 29.8 Å². The minimum Gasteiger partial charge on any atom is -0.360 e. The summed E-state index contributed by atoms with van der Waals surface area (Å²) in [6, 6.07) is 8.95. The van der Waals surface area contributed by atoms with Gasteiger partial charge in [0.05, 0.1) is 6.54 Å². The topological polar surface area (TPSA) is 35.6 Å². The maximum atomic E-state index is 11.9. The summed E-state index contributed by atoms with van der Waals surface area (Å²) in [5.41, 5.74) is 2.57. The van der Waals surface area contributed by atoms with Crippen LogP contribution >= 0.6 is 0 Å². The number of carbonyl (C=O) groups is 1. The smallest absolute Gasteiger partial charge is 0.241 e. The van der Waals surface area contributed by atoms with Gasteiger partial charge in [0.15, 0.2) is 0 Å². The number of hydrogen-bond acceptors (Lipinski definition) is 3. The van der Waals surface area contributed by atoms with Crippen LogP contribution in [-0.2, 0) is 4.79 Å². The van der Waals surface area contributed by atoms with E-state index in [1.807, 2.05) is 11.9 Å². The molecule has 1 unspecified atom stereocenters. The summed E-state index contributed by atoms with van der Waals surface area (Å²) >= 11 is 0. The predicted octanol–water partition coefficient (Wildman–Crippen LogP) is 1.39. The summed E-state index contributed by atoms with van der Waals surface area (Å²) in [6.45, 7) is 3.33. The Hall–Kier alpha value is -1.55. The van der Waals surface area contributed by atoms with Crippen LogP contribution in [0.3, 0.4) is 0 Å². The van der Waals surface area contributed by atoms with E-state index < -0.39 is 0 Å². The number of anilines is 1. The molecule has 0 bridgehead atoms. The van der Waals surface area contributed by atoms with E-state index in [0.717, 1.165) is 19.6 Å². The van der Waals surface area contributed by atoms with Gasteiger partial charge in [0.2, 0.25) is 5.91 Å². The number of benzene rings is 1. The molecular weight excluding hydrogens is 238 g/mol. The molecule has 0 aromatic heterocycles. The number of carbonyl (C=O) groups excluding carboxylic acids is 1. The predicted molar refractivity (Wildman–Crippen MR) is 76.3 cm³/mol. The van der Waals surface area contributed by atoms with Gasteiger partial charge in [0, 0.05) is 31.9 Å². The lowest BCUT2D eigenvalue weighted by Crippen LogP contribution is -2.49. The molecule has 4 heteroatoms. The van der Waals surface area contributed by atoms with Crippen LogP contribution in [0.2, 0.25) is 0 Å². The fraction of sp³-hybridized carbons (Fsp3) is 0.533. The van der Waals surface area contributed by atoms with Gasteiger partial charge in [-0.25, -0.2) is 0 Å². The van der Waals surface area contributed by atoms with Crippen molar-refractivity contribution in [2.24, 2.45) is 0 Å². The molecule has 0 radical (unpaired) electrons. The Morgan fingerprint density at radius 2 is 2.11 bits per heavy atom. The maximum absolute atomic E-state index is 11.9. The molecule has 19 heavy (non-hydrogen) atoms. The average molecular weight is 259 g/mol. The minimum atomic E-state index is 0.209. The highest BCUT2D eigenvalue weighted by Gasteiger charge is 2.25. The van der Waals surface area contributed by atoms with Crippen LogP contribution in [-0.4, -0.2) is 44.0 Å². The lowest BCUT2D eigenvalue weighted by atomic mass is 10.0. The molecule has 2 saturated heterocycles. The van der Waals surface area contributed by atoms with Gasteiger partial charge in [-0.05, 0) is 31.0 Å². The van der Waals surface area contributed by atoms with Crippen molar-refractivity contribution in [1.82, 2.24) is 10.2 Å². The largest absolute Gasteiger partial charge is 0.360 e. The molecule has 2 aliphatic rings. The van der Waals surface area contributed by atoms with Crippen molar-refractivity contribution < 1.29 is 4.79 Å². The molecule has 2 fully saturated rings. The van der Waals surface area contributed by atoms with E-state index in [1.54, 1.807) is 0 Å². The number of rotatable bonds is 2. The van der Waals surface area contributed by atoms with E-state index in [2.05, 4.69) is 34.5 Å². The molecule has 2 heterocycles. The molecule has 1 N–H and O–H groups in total. The van der Waals surface area contributed by atoms with E-state index in [0.29, 0.717) is 12.6 Å². The summed E-state index contributed by atoms with van der Waals surface area (Å²) in [5, 5.41) is 3.55. The number of para-hydroxylation sites is 1. The summed E-state index contributed by atoms with van der Waals surface area (Å²) in [6.07, 6.45) is 2.43. The fourth-order valence-corrected chi connectivity index (χ4v) is 2.98. The number of hydrogen-bond donors (Lipinski definition) is 1. The molecule has 0 spiro atoms. The zero-order chi connectivity index (χ0) is 13.2. The van der Waals surface area contributed by atoms with Crippen LogP contribution in [0.4, 0.5) is 5.69 Å². The lowest BCUT2D eigenvalue weighted by Gasteiger charge is -2.35. The molecule has 1 amide bonds. The lowest BCUT2D eigenvalue weighted by molar-refractivity contribution is -0.129. The van der Waals surface area contributed by atoms with E-state index in [1.165, 1.54) is 24.1 Å². The van der Waals surface area contributed by atoms with E-state index in [4.69, 9.17) is 0 Å². The number of amides is 1. The Balaban J connectivity index is 1.85. The first-order chi connectivity index (χ1) is 9.25.